The highest BCUT2D eigenvalue weighted by molar-refractivity contribution is 7.18. The van der Waals surface area contributed by atoms with E-state index in [2.05, 4.69) is 39.2 Å². The Kier molecular flexibility index (Phi) is 3.80. The van der Waals surface area contributed by atoms with Gasteiger partial charge in [0.2, 0.25) is 0 Å². The number of rotatable bonds is 3. The van der Waals surface area contributed by atoms with E-state index >= 15 is 0 Å². The maximum Gasteiger partial charge on any atom is 0.286 e. The number of benzene rings is 1. The van der Waals surface area contributed by atoms with Crippen molar-refractivity contribution in [3.05, 3.63) is 51.1 Å². The van der Waals surface area contributed by atoms with E-state index in [4.69, 9.17) is 0 Å². The van der Waals surface area contributed by atoms with E-state index in [1.807, 2.05) is 12.1 Å². The molecule has 0 unspecified atom stereocenters. The molecule has 132 valence electrons. The largest absolute Gasteiger partial charge is 0.322 e. The molecule has 9 heteroatoms. The highest BCUT2D eigenvalue weighted by Gasteiger charge is 2.16. The number of nitrogens with one attached hydrogen (secondary N) is 2. The molecule has 0 saturated carbocycles. The molecule has 0 saturated heterocycles. The lowest BCUT2D eigenvalue weighted by Gasteiger charge is -2.04. The molecule has 0 fully saturated rings. The van der Waals surface area contributed by atoms with Gasteiger partial charge in [0.1, 0.15) is 11.4 Å². The molecule has 0 atom stereocenters. The van der Waals surface area contributed by atoms with Gasteiger partial charge >= 0.3 is 0 Å². The van der Waals surface area contributed by atoms with E-state index in [9.17, 15) is 9.59 Å². The molecule has 1 aromatic carbocycles. The van der Waals surface area contributed by atoms with Gasteiger partial charge in [0, 0.05) is 17.8 Å². The Balaban J connectivity index is 1.66. The first-order valence-corrected chi connectivity index (χ1v) is 8.90. The molecule has 0 spiro atoms. The zero-order chi connectivity index (χ0) is 18.4. The molecule has 3 heterocycles. The van der Waals surface area contributed by atoms with Gasteiger partial charge in [-0.05, 0) is 25.1 Å². The minimum absolute atomic E-state index is 0.0570. The lowest BCUT2D eigenvalue weighted by molar-refractivity contribution is 0.102. The number of anilines is 1. The minimum atomic E-state index is -0.517. The zero-order valence-electron chi connectivity index (χ0n) is 14.4. The molecule has 0 bridgehead atoms. The average Bonchev–Trinajstić information content (AvgIpc) is 3.18. The second-order valence-corrected chi connectivity index (χ2v) is 7.33. The maximum atomic E-state index is 12.5. The summed E-state index contributed by atoms with van der Waals surface area (Å²) < 4.78 is 2.15. The molecule has 1 amide bonds. The molecule has 0 aliphatic carbocycles. The van der Waals surface area contributed by atoms with Crippen LogP contribution in [0.5, 0.6) is 0 Å². The predicted molar refractivity (Wildman–Crippen MR) is 100 cm³/mol. The highest BCUT2D eigenvalue weighted by Crippen LogP contribution is 2.29. The number of hydrogen-bond donors (Lipinski definition) is 2. The van der Waals surface area contributed by atoms with Gasteiger partial charge in [-0.1, -0.05) is 13.8 Å². The zero-order valence-corrected chi connectivity index (χ0v) is 15.2. The summed E-state index contributed by atoms with van der Waals surface area (Å²) in [6, 6.07) is 5.49. The minimum Gasteiger partial charge on any atom is -0.322 e. The van der Waals surface area contributed by atoms with Crippen molar-refractivity contribution in [2.75, 3.05) is 5.32 Å². The fourth-order valence-electron chi connectivity index (χ4n) is 2.58. The second-order valence-electron chi connectivity index (χ2n) is 6.26. The van der Waals surface area contributed by atoms with Crippen LogP contribution in [0.4, 0.5) is 5.69 Å². The van der Waals surface area contributed by atoms with Gasteiger partial charge in [-0.3, -0.25) is 14.7 Å². The van der Waals surface area contributed by atoms with Crippen molar-refractivity contribution >= 4 is 38.9 Å². The highest BCUT2D eigenvalue weighted by atomic mass is 32.1. The van der Waals surface area contributed by atoms with Crippen molar-refractivity contribution in [2.24, 2.45) is 0 Å². The average molecular weight is 368 g/mol. The van der Waals surface area contributed by atoms with Gasteiger partial charge in [-0.25, -0.2) is 9.97 Å². The van der Waals surface area contributed by atoms with Crippen LogP contribution in [0.1, 0.15) is 41.0 Å². The summed E-state index contributed by atoms with van der Waals surface area (Å²) in [5, 5.41) is 6.57. The van der Waals surface area contributed by atoms with Gasteiger partial charge in [0.25, 0.3) is 17.2 Å². The summed E-state index contributed by atoms with van der Waals surface area (Å²) in [5.74, 6) is 0.610. The summed E-state index contributed by atoms with van der Waals surface area (Å²) in [4.78, 5) is 37.7. The first-order valence-electron chi connectivity index (χ1n) is 8.08. The summed E-state index contributed by atoms with van der Waals surface area (Å²) in [6.07, 6.45) is 1.25. The van der Waals surface area contributed by atoms with Crippen LogP contribution in [0.2, 0.25) is 0 Å². The Morgan fingerprint density at radius 3 is 2.88 bits per heavy atom. The summed E-state index contributed by atoms with van der Waals surface area (Å²) in [7, 11) is 0. The number of carbonyl (C=O) groups is 1. The third-order valence-corrected chi connectivity index (χ3v) is 5.20. The number of nitrogens with zero attached hydrogens (tertiary/aromatic N) is 4. The van der Waals surface area contributed by atoms with Gasteiger partial charge in [0.15, 0.2) is 0 Å². The molecule has 4 rings (SSSR count). The van der Waals surface area contributed by atoms with Crippen molar-refractivity contribution in [3.63, 3.8) is 0 Å². The normalized spacial score (nSPS) is 11.5. The predicted octanol–water partition coefficient (Wildman–Crippen LogP) is 2.71. The Morgan fingerprint density at radius 1 is 1.31 bits per heavy atom. The van der Waals surface area contributed by atoms with Crippen LogP contribution in [0.25, 0.3) is 16.0 Å². The summed E-state index contributed by atoms with van der Waals surface area (Å²) in [5.41, 5.74) is 0.951. The first-order chi connectivity index (χ1) is 12.4. The van der Waals surface area contributed by atoms with Gasteiger partial charge in [-0.2, -0.15) is 9.50 Å². The van der Waals surface area contributed by atoms with Crippen LogP contribution in [-0.4, -0.2) is 30.5 Å². The summed E-state index contributed by atoms with van der Waals surface area (Å²) >= 11 is 1.60. The number of hydrogen-bond acceptors (Lipinski definition) is 6. The Hall–Kier alpha value is -3.07. The maximum absolute atomic E-state index is 12.5. The lowest BCUT2D eigenvalue weighted by Crippen LogP contribution is -2.27. The van der Waals surface area contributed by atoms with E-state index in [1.165, 1.54) is 6.20 Å². The fraction of sp³-hybridized carbons (Fsp3) is 0.235. The molecule has 3 aromatic heterocycles. The monoisotopic (exact) mass is 368 g/mol. The molecule has 26 heavy (non-hydrogen) atoms. The molecular formula is C17H16N6O2S. The molecule has 0 aliphatic rings. The van der Waals surface area contributed by atoms with E-state index in [1.54, 1.807) is 24.3 Å². The molecule has 8 nitrogen and oxygen atoms in total. The van der Waals surface area contributed by atoms with Crippen molar-refractivity contribution in [1.29, 1.82) is 0 Å². The Bertz CT molecular complexity index is 1200. The molecular weight excluding hydrogens is 352 g/mol. The smallest absolute Gasteiger partial charge is 0.286 e. The molecule has 2 N–H and O–H groups in total. The SMILES string of the molecule is Cc1nc2ncc(C(=O)Nc3ccc4nc(C(C)C)sc4c3)c(=O)n2[nH]1. The lowest BCUT2D eigenvalue weighted by atomic mass is 10.2. The van der Waals surface area contributed by atoms with E-state index in [-0.39, 0.29) is 11.3 Å². The standard InChI is InChI=1S/C17H16N6O2S/c1-8(2)15-21-12-5-4-10(6-13(12)26-15)20-14(24)11-7-18-17-19-9(3)22-23(17)16(11)25/h4-8H,1-3H3,(H,20,24)(H,18,19,22). The van der Waals surface area contributed by atoms with Crippen LogP contribution >= 0.6 is 11.3 Å². The van der Waals surface area contributed by atoms with Gasteiger partial charge < -0.3 is 5.32 Å². The van der Waals surface area contributed by atoms with Crippen LogP contribution in [-0.2, 0) is 0 Å². The van der Waals surface area contributed by atoms with E-state index in [0.717, 1.165) is 19.7 Å². The number of aromatic amines is 1. The third kappa shape index (κ3) is 2.76. The van der Waals surface area contributed by atoms with Crippen molar-refractivity contribution < 1.29 is 4.79 Å². The van der Waals surface area contributed by atoms with Gasteiger partial charge in [-0.15, -0.1) is 11.3 Å². The fourth-order valence-corrected chi connectivity index (χ4v) is 3.59. The van der Waals surface area contributed by atoms with Crippen molar-refractivity contribution in [2.45, 2.75) is 26.7 Å². The molecule has 4 aromatic rings. The van der Waals surface area contributed by atoms with Crippen LogP contribution < -0.4 is 10.9 Å². The first kappa shape index (κ1) is 16.4. The summed E-state index contributed by atoms with van der Waals surface area (Å²) in [6.45, 7) is 5.89. The quantitative estimate of drug-likeness (QED) is 0.578. The number of H-pyrrole nitrogens is 1. The van der Waals surface area contributed by atoms with Crippen molar-refractivity contribution in [3.8, 4) is 0 Å². The number of aryl methyl sites for hydroxylation is 1. The molecule has 0 aliphatic heterocycles. The van der Waals surface area contributed by atoms with Crippen LogP contribution in [0, 0.1) is 6.92 Å². The number of amides is 1. The van der Waals surface area contributed by atoms with E-state index < -0.39 is 11.5 Å². The second kappa shape index (κ2) is 6.03. The third-order valence-electron chi connectivity index (χ3n) is 3.89. The topological polar surface area (TPSA) is 105 Å². The number of thiazole rings is 1. The van der Waals surface area contributed by atoms with Crippen LogP contribution in [0.15, 0.2) is 29.2 Å². The van der Waals surface area contributed by atoms with E-state index in [0.29, 0.717) is 17.4 Å². The van der Waals surface area contributed by atoms with Crippen molar-refractivity contribution in [1.82, 2.24) is 24.6 Å². The number of aromatic nitrogens is 5. The number of carbonyl (C=O) groups excluding carboxylic acids is 1. The Labute approximate surface area is 151 Å². The number of fused-ring (bicyclic) bond motifs is 2. The molecule has 0 radical (unpaired) electrons. The van der Waals surface area contributed by atoms with Gasteiger partial charge in [0.05, 0.1) is 15.2 Å². The Morgan fingerprint density at radius 2 is 2.12 bits per heavy atom. The van der Waals surface area contributed by atoms with Crippen LogP contribution in [0.3, 0.4) is 0 Å².